The second kappa shape index (κ2) is 9.00. The summed E-state index contributed by atoms with van der Waals surface area (Å²) in [5.41, 5.74) is 0.728. The summed E-state index contributed by atoms with van der Waals surface area (Å²) in [6.45, 7) is 2.39. The molecule has 1 saturated heterocycles. The predicted molar refractivity (Wildman–Crippen MR) is 96.6 cm³/mol. The molecule has 2 aromatic rings. The molecule has 1 fully saturated rings. The number of amides is 3. The summed E-state index contributed by atoms with van der Waals surface area (Å²) < 4.78 is 7.21. The minimum Gasteiger partial charge on any atom is -0.377 e. The summed E-state index contributed by atoms with van der Waals surface area (Å²) in [5, 5.41) is 9.82. The number of carbonyl (C=O) groups is 2. The minimum atomic E-state index is -0.280. The molecule has 26 heavy (non-hydrogen) atoms. The van der Waals surface area contributed by atoms with Gasteiger partial charge in [-0.3, -0.25) is 9.48 Å². The summed E-state index contributed by atoms with van der Waals surface area (Å²) in [4.78, 5) is 26.4. The van der Waals surface area contributed by atoms with Crippen molar-refractivity contribution < 1.29 is 14.3 Å². The van der Waals surface area contributed by atoms with E-state index in [-0.39, 0.29) is 24.4 Å². The number of nitrogens with zero attached hydrogens (tertiary/aromatic N) is 3. The molecule has 1 aromatic carbocycles. The fourth-order valence-corrected chi connectivity index (χ4v) is 2.84. The molecule has 3 amide bonds. The van der Waals surface area contributed by atoms with Gasteiger partial charge >= 0.3 is 6.03 Å². The smallest absolute Gasteiger partial charge is 0.322 e. The Balaban J connectivity index is 1.49. The molecule has 0 aliphatic carbocycles. The third-order valence-corrected chi connectivity index (χ3v) is 4.16. The Bertz CT molecular complexity index is 705. The van der Waals surface area contributed by atoms with E-state index in [1.807, 2.05) is 42.6 Å². The van der Waals surface area contributed by atoms with Crippen LogP contribution >= 0.6 is 0 Å². The third-order valence-electron chi connectivity index (χ3n) is 4.16. The lowest BCUT2D eigenvalue weighted by atomic mass is 10.1. The van der Waals surface area contributed by atoms with E-state index in [0.29, 0.717) is 32.8 Å². The molecule has 8 heteroatoms. The number of ether oxygens (including phenoxy) is 1. The SMILES string of the molecule is O=C(C[C@H]1COCCN1C(=O)Nc1ccccc1)NCCn1cccn1. The van der Waals surface area contributed by atoms with Crippen molar-refractivity contribution >= 4 is 17.6 Å². The molecule has 3 rings (SSSR count). The topological polar surface area (TPSA) is 88.5 Å². The van der Waals surface area contributed by atoms with E-state index in [4.69, 9.17) is 4.74 Å². The summed E-state index contributed by atoms with van der Waals surface area (Å²) >= 11 is 0. The van der Waals surface area contributed by atoms with Gasteiger partial charge in [0.2, 0.25) is 5.91 Å². The molecule has 8 nitrogen and oxygen atoms in total. The molecule has 0 unspecified atom stereocenters. The Morgan fingerprint density at radius 3 is 2.85 bits per heavy atom. The number of nitrogens with one attached hydrogen (secondary N) is 2. The van der Waals surface area contributed by atoms with Crippen LogP contribution in [0.1, 0.15) is 6.42 Å². The summed E-state index contributed by atoms with van der Waals surface area (Å²) in [5.74, 6) is -0.106. The number of para-hydroxylation sites is 1. The first-order valence-corrected chi connectivity index (χ1v) is 8.67. The molecule has 1 aliphatic heterocycles. The second-order valence-electron chi connectivity index (χ2n) is 6.04. The highest BCUT2D eigenvalue weighted by molar-refractivity contribution is 5.90. The Hall–Kier alpha value is -2.87. The fourth-order valence-electron chi connectivity index (χ4n) is 2.84. The fraction of sp³-hybridized carbons (Fsp3) is 0.389. The first-order valence-electron chi connectivity index (χ1n) is 8.67. The number of carbonyl (C=O) groups excluding carboxylic acids is 2. The number of urea groups is 1. The average molecular weight is 357 g/mol. The van der Waals surface area contributed by atoms with Gasteiger partial charge in [0.15, 0.2) is 0 Å². The lowest BCUT2D eigenvalue weighted by Crippen LogP contribution is -2.52. The zero-order valence-electron chi connectivity index (χ0n) is 14.5. The number of morpholine rings is 1. The van der Waals surface area contributed by atoms with Crippen molar-refractivity contribution in [2.24, 2.45) is 0 Å². The molecule has 138 valence electrons. The van der Waals surface area contributed by atoms with Crippen molar-refractivity contribution in [3.05, 3.63) is 48.8 Å². The van der Waals surface area contributed by atoms with E-state index >= 15 is 0 Å². The first-order chi connectivity index (χ1) is 12.7. The van der Waals surface area contributed by atoms with Gasteiger partial charge in [-0.05, 0) is 18.2 Å². The van der Waals surface area contributed by atoms with Crippen LogP contribution < -0.4 is 10.6 Å². The van der Waals surface area contributed by atoms with Crippen molar-refractivity contribution in [3.8, 4) is 0 Å². The van der Waals surface area contributed by atoms with Gasteiger partial charge in [-0.2, -0.15) is 5.10 Å². The van der Waals surface area contributed by atoms with Crippen LogP contribution in [0.5, 0.6) is 0 Å². The molecular weight excluding hydrogens is 334 g/mol. The van der Waals surface area contributed by atoms with E-state index in [0.717, 1.165) is 5.69 Å². The maximum atomic E-state index is 12.5. The third kappa shape index (κ3) is 5.06. The number of rotatable bonds is 6. The van der Waals surface area contributed by atoms with Crippen LogP contribution in [0, 0.1) is 0 Å². The minimum absolute atomic E-state index is 0.106. The first kappa shape index (κ1) is 17.9. The van der Waals surface area contributed by atoms with Gasteiger partial charge in [0, 0.05) is 37.6 Å². The molecule has 2 heterocycles. The Morgan fingerprint density at radius 2 is 2.08 bits per heavy atom. The van der Waals surface area contributed by atoms with Crippen LogP contribution in [-0.4, -0.2) is 59.0 Å². The van der Waals surface area contributed by atoms with Gasteiger partial charge in [-0.1, -0.05) is 18.2 Å². The summed E-state index contributed by atoms with van der Waals surface area (Å²) in [6, 6.07) is 10.6. The van der Waals surface area contributed by atoms with Crippen molar-refractivity contribution in [1.29, 1.82) is 0 Å². The van der Waals surface area contributed by atoms with Crippen molar-refractivity contribution in [2.45, 2.75) is 19.0 Å². The largest absolute Gasteiger partial charge is 0.377 e. The predicted octanol–water partition coefficient (Wildman–Crippen LogP) is 1.32. The molecule has 0 bridgehead atoms. The van der Waals surface area contributed by atoms with Crippen LogP contribution in [0.4, 0.5) is 10.5 Å². The Morgan fingerprint density at radius 1 is 1.23 bits per heavy atom. The highest BCUT2D eigenvalue weighted by Crippen LogP contribution is 2.14. The van der Waals surface area contributed by atoms with Crippen LogP contribution in [0.15, 0.2) is 48.8 Å². The van der Waals surface area contributed by atoms with Gasteiger partial charge in [0.1, 0.15) is 0 Å². The van der Waals surface area contributed by atoms with E-state index in [9.17, 15) is 9.59 Å². The summed E-state index contributed by atoms with van der Waals surface area (Å²) in [6.07, 6.45) is 3.75. The zero-order valence-corrected chi connectivity index (χ0v) is 14.5. The number of benzene rings is 1. The van der Waals surface area contributed by atoms with Gasteiger partial charge in [0.25, 0.3) is 0 Å². The quantitative estimate of drug-likeness (QED) is 0.816. The van der Waals surface area contributed by atoms with Gasteiger partial charge in [-0.25, -0.2) is 4.79 Å². The molecule has 1 atom stereocenters. The van der Waals surface area contributed by atoms with E-state index in [2.05, 4.69) is 15.7 Å². The number of hydrogen-bond donors (Lipinski definition) is 2. The molecule has 2 N–H and O–H groups in total. The molecule has 0 spiro atoms. The van der Waals surface area contributed by atoms with Crippen LogP contribution in [0.25, 0.3) is 0 Å². The normalized spacial score (nSPS) is 16.9. The van der Waals surface area contributed by atoms with E-state index in [1.54, 1.807) is 15.8 Å². The van der Waals surface area contributed by atoms with E-state index in [1.165, 1.54) is 0 Å². The Labute approximate surface area is 152 Å². The van der Waals surface area contributed by atoms with Crippen molar-refractivity contribution in [1.82, 2.24) is 20.0 Å². The molecular formula is C18H23N5O3. The molecule has 1 aromatic heterocycles. The number of anilines is 1. The lowest BCUT2D eigenvalue weighted by Gasteiger charge is -2.35. The average Bonchev–Trinajstić information content (AvgIpc) is 3.16. The highest BCUT2D eigenvalue weighted by atomic mass is 16.5. The maximum Gasteiger partial charge on any atom is 0.322 e. The second-order valence-corrected chi connectivity index (χ2v) is 6.04. The monoisotopic (exact) mass is 357 g/mol. The van der Waals surface area contributed by atoms with Crippen LogP contribution in [0.2, 0.25) is 0 Å². The van der Waals surface area contributed by atoms with Gasteiger partial charge < -0.3 is 20.3 Å². The van der Waals surface area contributed by atoms with Gasteiger partial charge in [0.05, 0.1) is 25.8 Å². The number of hydrogen-bond acceptors (Lipinski definition) is 4. The molecule has 1 aliphatic rings. The van der Waals surface area contributed by atoms with E-state index < -0.39 is 0 Å². The lowest BCUT2D eigenvalue weighted by molar-refractivity contribution is -0.123. The zero-order chi connectivity index (χ0) is 18.2. The van der Waals surface area contributed by atoms with Crippen LogP contribution in [0.3, 0.4) is 0 Å². The van der Waals surface area contributed by atoms with Crippen molar-refractivity contribution in [3.63, 3.8) is 0 Å². The van der Waals surface area contributed by atoms with Gasteiger partial charge in [-0.15, -0.1) is 0 Å². The Kier molecular flexibility index (Phi) is 6.21. The molecule has 0 radical (unpaired) electrons. The highest BCUT2D eigenvalue weighted by Gasteiger charge is 2.29. The maximum absolute atomic E-state index is 12.5. The molecule has 0 saturated carbocycles. The van der Waals surface area contributed by atoms with Crippen LogP contribution in [-0.2, 0) is 16.1 Å². The van der Waals surface area contributed by atoms with Crippen molar-refractivity contribution in [2.75, 3.05) is 31.6 Å². The summed E-state index contributed by atoms with van der Waals surface area (Å²) in [7, 11) is 0. The standard InChI is InChI=1S/C18H23N5O3/c24-17(19-8-10-22-9-4-7-20-22)13-16-14-26-12-11-23(16)18(25)21-15-5-2-1-3-6-15/h1-7,9,16H,8,10-14H2,(H,19,24)(H,21,25)/t16-/m0/s1. The number of aromatic nitrogens is 2.